The Labute approximate surface area is 193 Å². The van der Waals surface area contributed by atoms with Crippen LogP contribution >= 0.6 is 47.2 Å². The van der Waals surface area contributed by atoms with Gasteiger partial charge in [0.25, 0.3) is 0 Å². The van der Waals surface area contributed by atoms with Crippen molar-refractivity contribution in [2.75, 3.05) is 14.1 Å². The molecule has 0 saturated heterocycles. The molecular formula is C18H23Cl2IN4O2S. The van der Waals surface area contributed by atoms with Crippen LogP contribution in [0.25, 0.3) is 0 Å². The van der Waals surface area contributed by atoms with Gasteiger partial charge >= 0.3 is 0 Å². The maximum absolute atomic E-state index is 11.8. The predicted octanol–water partition coefficient (Wildman–Crippen LogP) is 3.95. The molecule has 0 spiro atoms. The first-order valence-electron chi connectivity index (χ1n) is 8.21. The summed E-state index contributed by atoms with van der Waals surface area (Å²) in [7, 11) is -0.375. The van der Waals surface area contributed by atoms with Crippen molar-refractivity contribution in [1.82, 2.24) is 15.4 Å². The average molecular weight is 557 g/mol. The van der Waals surface area contributed by atoms with Crippen molar-refractivity contribution in [3.05, 3.63) is 63.6 Å². The highest BCUT2D eigenvalue weighted by Gasteiger charge is 2.13. The first kappa shape index (κ1) is 25.0. The summed E-state index contributed by atoms with van der Waals surface area (Å²) in [6, 6.07) is 11.9. The summed E-state index contributed by atoms with van der Waals surface area (Å²) >= 11 is 12.2. The Hall–Kier alpha value is -1.07. The van der Waals surface area contributed by atoms with Crippen LogP contribution in [0, 0.1) is 0 Å². The SMILES string of the molecule is CN=C(NCc1ccc(S(=O)(=O)NC)cc1)NC(C)c1ccc(Cl)cc1Cl.I. The van der Waals surface area contributed by atoms with E-state index >= 15 is 0 Å². The summed E-state index contributed by atoms with van der Waals surface area (Å²) in [6.45, 7) is 2.46. The van der Waals surface area contributed by atoms with Gasteiger partial charge in [-0.15, -0.1) is 24.0 Å². The second kappa shape index (κ2) is 11.2. The summed E-state index contributed by atoms with van der Waals surface area (Å²) in [6.07, 6.45) is 0. The lowest BCUT2D eigenvalue weighted by Gasteiger charge is -2.19. The molecule has 0 saturated carbocycles. The van der Waals surface area contributed by atoms with E-state index in [0.717, 1.165) is 11.1 Å². The van der Waals surface area contributed by atoms with Gasteiger partial charge < -0.3 is 10.6 Å². The molecule has 154 valence electrons. The minimum Gasteiger partial charge on any atom is -0.352 e. The number of benzene rings is 2. The quantitative estimate of drug-likeness (QED) is 0.286. The predicted molar refractivity (Wildman–Crippen MR) is 126 cm³/mol. The van der Waals surface area contributed by atoms with Gasteiger partial charge in [0.15, 0.2) is 5.96 Å². The molecular weight excluding hydrogens is 534 g/mol. The van der Waals surface area contributed by atoms with Crippen molar-refractivity contribution in [3.63, 3.8) is 0 Å². The fraction of sp³-hybridized carbons (Fsp3) is 0.278. The lowest BCUT2D eigenvalue weighted by molar-refractivity contribution is 0.588. The molecule has 0 bridgehead atoms. The maximum Gasteiger partial charge on any atom is 0.240 e. The molecule has 6 nitrogen and oxygen atoms in total. The third-order valence-corrected chi connectivity index (χ3v) is 5.96. The number of aliphatic imine (C=N–C) groups is 1. The number of hydrogen-bond donors (Lipinski definition) is 3. The van der Waals surface area contributed by atoms with E-state index in [0.29, 0.717) is 22.5 Å². The second-order valence-electron chi connectivity index (χ2n) is 5.81. The Morgan fingerprint density at radius 3 is 2.32 bits per heavy atom. The van der Waals surface area contributed by atoms with Gasteiger partial charge in [-0.25, -0.2) is 13.1 Å². The molecule has 2 aromatic rings. The van der Waals surface area contributed by atoms with E-state index in [2.05, 4.69) is 20.3 Å². The zero-order valence-corrected chi connectivity index (χ0v) is 20.3. The van der Waals surface area contributed by atoms with Crippen molar-refractivity contribution in [3.8, 4) is 0 Å². The molecule has 0 fully saturated rings. The van der Waals surface area contributed by atoms with E-state index in [9.17, 15) is 8.42 Å². The molecule has 0 aliphatic carbocycles. The summed E-state index contributed by atoms with van der Waals surface area (Å²) in [5.74, 6) is 0.598. The van der Waals surface area contributed by atoms with Crippen molar-refractivity contribution in [2.24, 2.45) is 4.99 Å². The number of halogens is 3. The monoisotopic (exact) mass is 556 g/mol. The van der Waals surface area contributed by atoms with Crippen LogP contribution in [0.4, 0.5) is 0 Å². The highest BCUT2D eigenvalue weighted by molar-refractivity contribution is 14.0. The van der Waals surface area contributed by atoms with E-state index in [1.807, 2.05) is 13.0 Å². The summed E-state index contributed by atoms with van der Waals surface area (Å²) in [5, 5.41) is 7.63. The number of guanidine groups is 1. The maximum atomic E-state index is 11.8. The largest absolute Gasteiger partial charge is 0.352 e. The first-order valence-corrected chi connectivity index (χ1v) is 10.5. The van der Waals surface area contributed by atoms with Crippen LogP contribution in [0.1, 0.15) is 24.1 Å². The molecule has 1 unspecified atom stereocenters. The highest BCUT2D eigenvalue weighted by atomic mass is 127. The van der Waals surface area contributed by atoms with E-state index in [4.69, 9.17) is 23.2 Å². The fourth-order valence-corrected chi connectivity index (χ4v) is 3.72. The Balaban J connectivity index is 0.00000392. The van der Waals surface area contributed by atoms with Crippen molar-refractivity contribution in [2.45, 2.75) is 24.4 Å². The van der Waals surface area contributed by atoms with Gasteiger partial charge in [-0.1, -0.05) is 41.4 Å². The Morgan fingerprint density at radius 1 is 1.14 bits per heavy atom. The summed E-state index contributed by atoms with van der Waals surface area (Å²) in [4.78, 5) is 4.43. The number of nitrogens with zero attached hydrogens (tertiary/aromatic N) is 1. The second-order valence-corrected chi connectivity index (χ2v) is 8.54. The van der Waals surface area contributed by atoms with Crippen LogP contribution in [-0.2, 0) is 16.6 Å². The number of rotatable bonds is 6. The molecule has 0 aromatic heterocycles. The third-order valence-electron chi connectivity index (χ3n) is 3.97. The van der Waals surface area contributed by atoms with Gasteiger partial charge in [0.1, 0.15) is 0 Å². The van der Waals surface area contributed by atoms with Crippen molar-refractivity contribution < 1.29 is 8.42 Å². The molecule has 3 N–H and O–H groups in total. The minimum atomic E-state index is -3.43. The molecule has 0 aliphatic rings. The highest BCUT2D eigenvalue weighted by Crippen LogP contribution is 2.26. The minimum absolute atomic E-state index is 0. The van der Waals surface area contributed by atoms with Crippen LogP contribution in [-0.4, -0.2) is 28.5 Å². The van der Waals surface area contributed by atoms with Crippen LogP contribution < -0.4 is 15.4 Å². The summed E-state index contributed by atoms with van der Waals surface area (Å²) < 4.78 is 25.8. The van der Waals surface area contributed by atoms with E-state index in [-0.39, 0.29) is 34.9 Å². The lowest BCUT2D eigenvalue weighted by Crippen LogP contribution is -2.38. The number of nitrogens with one attached hydrogen (secondary N) is 3. The van der Waals surface area contributed by atoms with E-state index in [1.54, 1.807) is 43.4 Å². The topological polar surface area (TPSA) is 82.6 Å². The van der Waals surface area contributed by atoms with Gasteiger partial charge in [0.05, 0.1) is 10.9 Å². The number of hydrogen-bond acceptors (Lipinski definition) is 3. The molecule has 0 heterocycles. The molecule has 0 amide bonds. The van der Waals surface area contributed by atoms with Gasteiger partial charge in [0.2, 0.25) is 10.0 Å². The molecule has 10 heteroatoms. The van der Waals surface area contributed by atoms with Gasteiger partial charge in [-0.3, -0.25) is 4.99 Å². The molecule has 2 aromatic carbocycles. The third kappa shape index (κ3) is 6.77. The van der Waals surface area contributed by atoms with E-state index in [1.165, 1.54) is 7.05 Å². The molecule has 0 radical (unpaired) electrons. The van der Waals surface area contributed by atoms with E-state index < -0.39 is 10.0 Å². The molecule has 1 atom stereocenters. The van der Waals surface area contributed by atoms with Gasteiger partial charge in [-0.05, 0) is 49.4 Å². The van der Waals surface area contributed by atoms with Crippen LogP contribution in [0.2, 0.25) is 10.0 Å². The Bertz CT molecular complexity index is 922. The lowest BCUT2D eigenvalue weighted by atomic mass is 10.1. The van der Waals surface area contributed by atoms with Gasteiger partial charge in [0, 0.05) is 23.6 Å². The van der Waals surface area contributed by atoms with Crippen LogP contribution in [0.3, 0.4) is 0 Å². The van der Waals surface area contributed by atoms with Crippen molar-refractivity contribution >= 4 is 63.2 Å². The fourth-order valence-electron chi connectivity index (χ4n) is 2.42. The van der Waals surface area contributed by atoms with Gasteiger partial charge in [-0.2, -0.15) is 0 Å². The smallest absolute Gasteiger partial charge is 0.240 e. The first-order chi connectivity index (χ1) is 12.8. The summed E-state index contributed by atoms with van der Waals surface area (Å²) in [5.41, 5.74) is 1.83. The normalized spacial score (nSPS) is 12.8. The van der Waals surface area contributed by atoms with Crippen molar-refractivity contribution in [1.29, 1.82) is 0 Å². The average Bonchev–Trinajstić information content (AvgIpc) is 2.65. The molecule has 0 aliphatic heterocycles. The standard InChI is InChI=1S/C18H22Cl2N4O2S.HI/c1-12(16-9-6-14(19)10-17(16)20)24-18(21-2)23-11-13-4-7-15(8-5-13)27(25,26)22-3;/h4-10,12,22H,11H2,1-3H3,(H2,21,23,24);1H. The van der Waals surface area contributed by atoms with Crippen LogP contribution in [0.15, 0.2) is 52.4 Å². The molecule has 28 heavy (non-hydrogen) atoms. The van der Waals surface area contributed by atoms with Crippen LogP contribution in [0.5, 0.6) is 0 Å². The Morgan fingerprint density at radius 2 is 1.79 bits per heavy atom. The molecule has 2 rings (SSSR count). The zero-order chi connectivity index (χ0) is 20.0. The number of sulfonamides is 1. The zero-order valence-electron chi connectivity index (χ0n) is 15.7. The Kier molecular flexibility index (Phi) is 9.99.